The van der Waals surface area contributed by atoms with Crippen molar-refractivity contribution in [3.05, 3.63) is 76.0 Å². The molecule has 2 atom stereocenters. The van der Waals surface area contributed by atoms with E-state index in [0.29, 0.717) is 34.1 Å². The van der Waals surface area contributed by atoms with Crippen molar-refractivity contribution in [2.24, 2.45) is 0 Å². The van der Waals surface area contributed by atoms with Crippen LogP contribution in [0.4, 0.5) is 0 Å². The summed E-state index contributed by atoms with van der Waals surface area (Å²) in [6, 6.07) is 13.7. The molecule has 0 bridgehead atoms. The predicted molar refractivity (Wildman–Crippen MR) is 144 cm³/mol. The van der Waals surface area contributed by atoms with E-state index in [9.17, 15) is 13.5 Å². The second-order valence-corrected chi connectivity index (χ2v) is 11.4. The van der Waals surface area contributed by atoms with Gasteiger partial charge in [-0.3, -0.25) is 4.98 Å². The monoisotopic (exact) mass is 594 g/mol. The topological polar surface area (TPSA) is 107 Å². The highest BCUT2D eigenvalue weighted by molar-refractivity contribution is 9.10. The summed E-state index contributed by atoms with van der Waals surface area (Å²) >= 11 is 3.30. The normalized spacial score (nSPS) is 13.2. The molecule has 11 heteroatoms. The highest BCUT2D eigenvalue weighted by Gasteiger charge is 2.36. The largest absolute Gasteiger partial charge is 0.497 e. The Labute approximate surface area is 226 Å². The Balaban J connectivity index is 2.04. The molecule has 1 N–H and O–H groups in total. The minimum Gasteiger partial charge on any atom is -0.497 e. The number of nitrogens with zero attached hydrogens (tertiary/aromatic N) is 2. The average Bonchev–Trinajstić information content (AvgIpc) is 2.92. The number of aliphatic hydroxyl groups is 1. The van der Waals surface area contributed by atoms with Gasteiger partial charge in [0.05, 0.1) is 34.1 Å². The summed E-state index contributed by atoms with van der Waals surface area (Å²) in [5.41, 5.74) is 1.51. The van der Waals surface area contributed by atoms with E-state index in [4.69, 9.17) is 18.9 Å². The third kappa shape index (κ3) is 6.72. The van der Waals surface area contributed by atoms with Gasteiger partial charge < -0.3 is 24.1 Å². The first-order chi connectivity index (χ1) is 17.6. The van der Waals surface area contributed by atoms with E-state index in [2.05, 4.69) is 20.9 Å². The van der Waals surface area contributed by atoms with E-state index >= 15 is 0 Å². The van der Waals surface area contributed by atoms with Crippen LogP contribution in [-0.4, -0.2) is 56.5 Å². The first-order valence-corrected chi connectivity index (χ1v) is 13.6. The fourth-order valence-corrected chi connectivity index (χ4v) is 5.59. The average molecular weight is 596 g/mol. The maximum absolute atomic E-state index is 14.0. The van der Waals surface area contributed by atoms with Gasteiger partial charge in [-0.2, -0.15) is 4.31 Å². The number of sulfonamides is 1. The molecule has 0 aliphatic carbocycles. The van der Waals surface area contributed by atoms with E-state index in [1.54, 1.807) is 62.8 Å². The van der Waals surface area contributed by atoms with E-state index in [1.807, 2.05) is 0 Å². The molecule has 0 fully saturated rings. The van der Waals surface area contributed by atoms with Gasteiger partial charge in [-0.05, 0) is 47.1 Å². The summed E-state index contributed by atoms with van der Waals surface area (Å²) in [5.74, 6) is 2.11. The Bertz CT molecular complexity index is 1250. The number of halogens is 1. The van der Waals surface area contributed by atoms with Gasteiger partial charge in [0, 0.05) is 47.0 Å². The first kappa shape index (κ1) is 28.7. The summed E-state index contributed by atoms with van der Waals surface area (Å²) in [6.07, 6.45) is 0.163. The van der Waals surface area contributed by atoms with Gasteiger partial charge in [0.2, 0.25) is 10.0 Å². The number of benzene rings is 2. The maximum atomic E-state index is 14.0. The van der Waals surface area contributed by atoms with E-state index < -0.39 is 21.4 Å². The van der Waals surface area contributed by atoms with Gasteiger partial charge in [-0.15, -0.1) is 0 Å². The minimum atomic E-state index is -4.08. The summed E-state index contributed by atoms with van der Waals surface area (Å²) in [5, 5.41) is 9.77. The molecule has 0 saturated carbocycles. The lowest BCUT2D eigenvalue weighted by atomic mass is 10.1. The highest BCUT2D eigenvalue weighted by atomic mass is 79.9. The molecular weight excluding hydrogens is 564 g/mol. The molecule has 0 aliphatic heterocycles. The van der Waals surface area contributed by atoms with Crippen molar-refractivity contribution >= 4 is 26.0 Å². The summed E-state index contributed by atoms with van der Waals surface area (Å²) < 4.78 is 51.5. The van der Waals surface area contributed by atoms with E-state index in [0.717, 1.165) is 4.47 Å². The van der Waals surface area contributed by atoms with Crippen LogP contribution in [-0.2, 0) is 23.1 Å². The van der Waals surface area contributed by atoms with Crippen molar-refractivity contribution in [1.29, 1.82) is 0 Å². The molecule has 0 spiro atoms. The Morgan fingerprint density at radius 2 is 1.38 bits per heavy atom. The van der Waals surface area contributed by atoms with Crippen molar-refractivity contribution in [1.82, 2.24) is 9.29 Å². The van der Waals surface area contributed by atoms with Crippen LogP contribution in [0.3, 0.4) is 0 Å². The van der Waals surface area contributed by atoms with Gasteiger partial charge >= 0.3 is 0 Å². The van der Waals surface area contributed by atoms with Gasteiger partial charge in [0.1, 0.15) is 34.4 Å². The van der Waals surface area contributed by atoms with Crippen LogP contribution < -0.4 is 18.9 Å². The summed E-state index contributed by atoms with van der Waals surface area (Å²) in [4.78, 5) is 4.19. The third-order valence-corrected chi connectivity index (χ3v) is 8.65. The molecule has 0 amide bonds. The summed E-state index contributed by atoms with van der Waals surface area (Å²) in [7, 11) is 2.02. The first-order valence-electron chi connectivity index (χ1n) is 11.3. The SMILES string of the molecule is COc1ccc(CN(Cc2ccc(OC)cc2OC)S(=O)(=O)[C@H](C)[C@@H](O)c2ccc(Br)cn2)c(OC)c1. The maximum Gasteiger partial charge on any atom is 0.220 e. The second-order valence-electron chi connectivity index (χ2n) is 8.22. The van der Waals surface area contributed by atoms with Crippen molar-refractivity contribution in [2.75, 3.05) is 28.4 Å². The Morgan fingerprint density at radius 1 is 0.865 bits per heavy atom. The highest BCUT2D eigenvalue weighted by Crippen LogP contribution is 2.33. The number of hydrogen-bond acceptors (Lipinski definition) is 8. The molecule has 2 aromatic carbocycles. The number of rotatable bonds is 12. The molecule has 0 aliphatic rings. The molecule has 9 nitrogen and oxygen atoms in total. The smallest absolute Gasteiger partial charge is 0.220 e. The molecule has 3 rings (SSSR count). The fourth-order valence-electron chi connectivity index (χ4n) is 3.78. The van der Waals surface area contributed by atoms with E-state index in [-0.39, 0.29) is 18.8 Å². The Kier molecular flexibility index (Phi) is 9.77. The molecule has 3 aromatic rings. The van der Waals surface area contributed by atoms with Crippen LogP contribution in [0.5, 0.6) is 23.0 Å². The van der Waals surface area contributed by atoms with Crippen molar-refractivity contribution in [2.45, 2.75) is 31.4 Å². The molecule has 1 heterocycles. The molecule has 0 unspecified atom stereocenters. The lowest BCUT2D eigenvalue weighted by Crippen LogP contribution is -2.39. The number of aromatic nitrogens is 1. The van der Waals surface area contributed by atoms with Crippen LogP contribution in [0, 0.1) is 0 Å². The molecular formula is C26H31BrN2O7S. The van der Waals surface area contributed by atoms with Gasteiger partial charge in [-0.1, -0.05) is 12.1 Å². The summed E-state index contributed by atoms with van der Waals surface area (Å²) in [6.45, 7) is 1.43. The molecule has 0 saturated heterocycles. The number of aliphatic hydroxyl groups excluding tert-OH is 1. The van der Waals surface area contributed by atoms with E-state index in [1.165, 1.54) is 31.6 Å². The molecule has 200 valence electrons. The third-order valence-electron chi connectivity index (χ3n) is 6.01. The number of ether oxygens (including phenoxy) is 4. The zero-order valence-electron chi connectivity index (χ0n) is 21.3. The Morgan fingerprint density at radius 3 is 1.78 bits per heavy atom. The van der Waals surface area contributed by atoms with Crippen LogP contribution in [0.2, 0.25) is 0 Å². The van der Waals surface area contributed by atoms with Crippen LogP contribution in [0.15, 0.2) is 59.2 Å². The van der Waals surface area contributed by atoms with Gasteiger partial charge in [-0.25, -0.2) is 8.42 Å². The number of hydrogen-bond donors (Lipinski definition) is 1. The van der Waals surface area contributed by atoms with Crippen LogP contribution >= 0.6 is 15.9 Å². The lowest BCUT2D eigenvalue weighted by molar-refractivity contribution is 0.167. The van der Waals surface area contributed by atoms with Crippen molar-refractivity contribution in [3.63, 3.8) is 0 Å². The van der Waals surface area contributed by atoms with Crippen molar-refractivity contribution < 1.29 is 32.5 Å². The second kappa shape index (κ2) is 12.6. The number of methoxy groups -OCH3 is 4. The van der Waals surface area contributed by atoms with Crippen molar-refractivity contribution in [3.8, 4) is 23.0 Å². The molecule has 37 heavy (non-hydrogen) atoms. The van der Waals surface area contributed by atoms with Crippen LogP contribution in [0.1, 0.15) is 29.8 Å². The zero-order valence-corrected chi connectivity index (χ0v) is 23.7. The quantitative estimate of drug-likeness (QED) is 0.330. The number of pyridine rings is 1. The Hall–Kier alpha value is -2.86. The minimum absolute atomic E-state index is 0.0183. The predicted octanol–water partition coefficient (Wildman–Crippen LogP) is 4.33. The zero-order chi connectivity index (χ0) is 27.2. The molecule has 1 aromatic heterocycles. The molecule has 0 radical (unpaired) electrons. The van der Waals surface area contributed by atoms with Gasteiger partial charge in [0.15, 0.2) is 0 Å². The van der Waals surface area contributed by atoms with Gasteiger partial charge in [0.25, 0.3) is 0 Å². The fraction of sp³-hybridized carbons (Fsp3) is 0.346. The lowest BCUT2D eigenvalue weighted by Gasteiger charge is -2.29. The standard InChI is InChI=1S/C26H31BrN2O7S/c1-17(26(30)23-11-8-20(27)14-28-23)37(31,32)29(15-18-6-9-21(33-2)12-24(18)35-4)16-19-7-10-22(34-3)13-25(19)36-5/h6-14,17,26,30H,15-16H2,1-5H3/t17-,26-/m1/s1. The van der Waals surface area contributed by atoms with Crippen LogP contribution in [0.25, 0.3) is 0 Å².